The van der Waals surface area contributed by atoms with E-state index in [9.17, 15) is 4.79 Å². The molecule has 1 aromatic rings. The maximum atomic E-state index is 11.8. The molecule has 0 aromatic heterocycles. The Balaban J connectivity index is 2.52. The van der Waals surface area contributed by atoms with E-state index in [0.717, 1.165) is 5.69 Å². The first-order valence-electron chi connectivity index (χ1n) is 5.72. The summed E-state index contributed by atoms with van der Waals surface area (Å²) in [4.78, 5) is 11.8. The first-order valence-corrected chi connectivity index (χ1v) is 5.72. The predicted octanol–water partition coefficient (Wildman–Crippen LogP) is 1.00. The molecule has 1 aromatic carbocycles. The van der Waals surface area contributed by atoms with E-state index in [-0.39, 0.29) is 12.5 Å². The third-order valence-electron chi connectivity index (χ3n) is 2.61. The van der Waals surface area contributed by atoms with E-state index < -0.39 is 0 Å². The number of rotatable bonds is 5. The third-order valence-corrected chi connectivity index (χ3v) is 2.61. The molecule has 0 saturated heterocycles. The first kappa shape index (κ1) is 13.7. The highest BCUT2D eigenvalue weighted by Crippen LogP contribution is 2.09. The summed E-state index contributed by atoms with van der Waals surface area (Å²) in [5.41, 5.74) is 1.98. The van der Waals surface area contributed by atoms with Gasteiger partial charge in [-0.3, -0.25) is 4.79 Å². The number of amides is 1. The summed E-state index contributed by atoms with van der Waals surface area (Å²) >= 11 is 0. The summed E-state index contributed by atoms with van der Waals surface area (Å²) < 4.78 is 0.480. The molecule has 0 unspecified atom stereocenters. The monoisotopic (exact) mass is 237 g/mol. The molecular formula is C13H21N2O2+. The van der Waals surface area contributed by atoms with Crippen LogP contribution < -0.4 is 5.32 Å². The summed E-state index contributed by atoms with van der Waals surface area (Å²) in [6.07, 6.45) is 0. The van der Waals surface area contributed by atoms with Gasteiger partial charge in [0, 0.05) is 5.69 Å². The minimum absolute atomic E-state index is 0.0349. The molecule has 4 nitrogen and oxygen atoms in total. The van der Waals surface area contributed by atoms with Crippen molar-refractivity contribution in [2.75, 3.05) is 39.1 Å². The average Bonchev–Trinajstić information content (AvgIpc) is 2.20. The number of aliphatic hydroxyl groups is 1. The van der Waals surface area contributed by atoms with Gasteiger partial charge < -0.3 is 14.9 Å². The Morgan fingerprint density at radius 2 is 1.88 bits per heavy atom. The molecule has 0 heterocycles. The highest BCUT2D eigenvalue weighted by atomic mass is 16.3. The smallest absolute Gasteiger partial charge is 0.279 e. The fraction of sp³-hybridized carbons (Fsp3) is 0.462. The van der Waals surface area contributed by atoms with Crippen molar-refractivity contribution in [3.63, 3.8) is 0 Å². The van der Waals surface area contributed by atoms with E-state index in [2.05, 4.69) is 5.32 Å². The molecule has 4 heteroatoms. The number of carbonyl (C=O) groups is 1. The minimum Gasteiger partial charge on any atom is -0.391 e. The van der Waals surface area contributed by atoms with Crippen molar-refractivity contribution in [3.8, 4) is 0 Å². The van der Waals surface area contributed by atoms with Gasteiger partial charge in [0.1, 0.15) is 6.54 Å². The van der Waals surface area contributed by atoms with Crippen LogP contribution in [0, 0.1) is 6.92 Å². The van der Waals surface area contributed by atoms with Crippen LogP contribution in [0.15, 0.2) is 24.3 Å². The van der Waals surface area contributed by atoms with Gasteiger partial charge in [-0.1, -0.05) is 17.7 Å². The number of likely N-dealkylation sites (N-methyl/N-ethyl adjacent to an activating group) is 1. The summed E-state index contributed by atoms with van der Waals surface area (Å²) in [7, 11) is 3.84. The summed E-state index contributed by atoms with van der Waals surface area (Å²) in [5, 5.41) is 11.7. The lowest BCUT2D eigenvalue weighted by atomic mass is 10.2. The number of carbonyl (C=O) groups excluding carboxylic acids is 1. The number of aliphatic hydroxyl groups excluding tert-OH is 1. The van der Waals surface area contributed by atoms with Crippen LogP contribution in [0.25, 0.3) is 0 Å². The molecule has 0 spiro atoms. The Morgan fingerprint density at radius 1 is 1.29 bits per heavy atom. The maximum Gasteiger partial charge on any atom is 0.279 e. The maximum absolute atomic E-state index is 11.8. The van der Waals surface area contributed by atoms with Gasteiger partial charge in [-0.15, -0.1) is 0 Å². The Kier molecular flexibility index (Phi) is 4.66. The third kappa shape index (κ3) is 4.97. The fourth-order valence-corrected chi connectivity index (χ4v) is 1.58. The standard InChI is InChI=1S/C13H20N2O2/c1-11-4-6-12(7-5-11)14-13(17)10-15(2,3)8-9-16/h4-7,16H,8-10H2,1-3H3/p+1. The van der Waals surface area contributed by atoms with Crippen molar-refractivity contribution in [1.29, 1.82) is 0 Å². The molecule has 1 rings (SSSR count). The number of nitrogens with zero attached hydrogens (tertiary/aromatic N) is 1. The molecule has 94 valence electrons. The number of benzene rings is 1. The molecule has 0 aliphatic heterocycles. The van der Waals surface area contributed by atoms with Crippen molar-refractivity contribution >= 4 is 11.6 Å². The average molecular weight is 237 g/mol. The fourth-order valence-electron chi connectivity index (χ4n) is 1.58. The van der Waals surface area contributed by atoms with Crippen LogP contribution in [0.4, 0.5) is 5.69 Å². The van der Waals surface area contributed by atoms with Crippen LogP contribution in [0.2, 0.25) is 0 Å². The SMILES string of the molecule is Cc1ccc(NC(=O)C[N+](C)(C)CCO)cc1. The van der Waals surface area contributed by atoms with Crippen LogP contribution in [-0.2, 0) is 4.79 Å². The lowest BCUT2D eigenvalue weighted by molar-refractivity contribution is -0.882. The topological polar surface area (TPSA) is 49.3 Å². The van der Waals surface area contributed by atoms with Crippen LogP contribution in [-0.4, -0.2) is 49.3 Å². The van der Waals surface area contributed by atoms with Crippen LogP contribution in [0.5, 0.6) is 0 Å². The first-order chi connectivity index (χ1) is 7.93. The highest BCUT2D eigenvalue weighted by Gasteiger charge is 2.19. The van der Waals surface area contributed by atoms with E-state index >= 15 is 0 Å². The van der Waals surface area contributed by atoms with E-state index in [0.29, 0.717) is 17.6 Å². The summed E-state index contributed by atoms with van der Waals surface area (Å²) in [6.45, 7) is 3.02. The largest absolute Gasteiger partial charge is 0.391 e. The van der Waals surface area contributed by atoms with E-state index in [1.54, 1.807) is 0 Å². The van der Waals surface area contributed by atoms with Crippen molar-refractivity contribution in [1.82, 2.24) is 0 Å². The Labute approximate surface area is 102 Å². The minimum atomic E-state index is -0.0349. The number of anilines is 1. The molecule has 0 saturated carbocycles. The van der Waals surface area contributed by atoms with Gasteiger partial charge in [0.15, 0.2) is 6.54 Å². The van der Waals surface area contributed by atoms with E-state index in [4.69, 9.17) is 5.11 Å². The van der Waals surface area contributed by atoms with Gasteiger partial charge in [0.25, 0.3) is 5.91 Å². The van der Waals surface area contributed by atoms with Crippen LogP contribution >= 0.6 is 0 Å². The predicted molar refractivity (Wildman–Crippen MR) is 68.7 cm³/mol. The molecule has 1 amide bonds. The van der Waals surface area contributed by atoms with Gasteiger partial charge >= 0.3 is 0 Å². The zero-order valence-corrected chi connectivity index (χ0v) is 10.7. The summed E-state index contributed by atoms with van der Waals surface area (Å²) in [6, 6.07) is 7.70. The lowest BCUT2D eigenvalue weighted by Crippen LogP contribution is -2.47. The molecule has 2 N–H and O–H groups in total. The van der Waals surface area contributed by atoms with Gasteiger partial charge in [-0.05, 0) is 19.1 Å². The molecule has 17 heavy (non-hydrogen) atoms. The Bertz CT molecular complexity index is 372. The highest BCUT2D eigenvalue weighted by molar-refractivity contribution is 5.91. The molecule has 0 aliphatic rings. The van der Waals surface area contributed by atoms with Crippen LogP contribution in [0.1, 0.15) is 5.56 Å². The number of hydrogen-bond acceptors (Lipinski definition) is 2. The Morgan fingerprint density at radius 3 is 2.41 bits per heavy atom. The number of nitrogens with one attached hydrogen (secondary N) is 1. The number of quaternary nitrogens is 1. The molecule has 0 aliphatic carbocycles. The zero-order chi connectivity index (χ0) is 12.9. The molecule has 0 bridgehead atoms. The number of aryl methyl sites for hydroxylation is 1. The van der Waals surface area contributed by atoms with E-state index in [1.807, 2.05) is 45.3 Å². The van der Waals surface area contributed by atoms with Gasteiger partial charge in [-0.25, -0.2) is 0 Å². The van der Waals surface area contributed by atoms with E-state index in [1.165, 1.54) is 5.56 Å². The normalized spacial score (nSPS) is 11.3. The molecular weight excluding hydrogens is 216 g/mol. The van der Waals surface area contributed by atoms with Crippen molar-refractivity contribution < 1.29 is 14.4 Å². The van der Waals surface area contributed by atoms with Gasteiger partial charge in [0.2, 0.25) is 0 Å². The van der Waals surface area contributed by atoms with Gasteiger partial charge in [-0.2, -0.15) is 0 Å². The summed E-state index contributed by atoms with van der Waals surface area (Å²) in [5.74, 6) is -0.0349. The number of hydrogen-bond donors (Lipinski definition) is 2. The van der Waals surface area contributed by atoms with Crippen molar-refractivity contribution in [2.24, 2.45) is 0 Å². The second kappa shape index (κ2) is 5.80. The van der Waals surface area contributed by atoms with Crippen LogP contribution in [0.3, 0.4) is 0 Å². The Hall–Kier alpha value is -1.39. The molecule has 0 atom stereocenters. The van der Waals surface area contributed by atoms with Gasteiger partial charge in [0.05, 0.1) is 20.7 Å². The second-order valence-corrected chi connectivity index (χ2v) is 4.96. The second-order valence-electron chi connectivity index (χ2n) is 4.96. The molecule has 0 radical (unpaired) electrons. The quantitative estimate of drug-likeness (QED) is 0.751. The molecule has 0 fully saturated rings. The van der Waals surface area contributed by atoms with Crippen molar-refractivity contribution in [3.05, 3.63) is 29.8 Å². The van der Waals surface area contributed by atoms with Crippen molar-refractivity contribution in [2.45, 2.75) is 6.92 Å². The lowest BCUT2D eigenvalue weighted by Gasteiger charge is -2.27. The zero-order valence-electron chi connectivity index (χ0n) is 10.7.